The van der Waals surface area contributed by atoms with Gasteiger partial charge in [0.25, 0.3) is 0 Å². The van der Waals surface area contributed by atoms with Gasteiger partial charge in [-0.15, -0.1) is 0 Å². The molecule has 0 fully saturated rings. The molecule has 7 heteroatoms. The molecule has 1 aliphatic rings. The Balaban J connectivity index is 1.62. The van der Waals surface area contributed by atoms with E-state index in [9.17, 15) is 10.1 Å². The van der Waals surface area contributed by atoms with Crippen LogP contribution < -0.4 is 0 Å². The lowest BCUT2D eigenvalue weighted by molar-refractivity contribution is -0.137. The maximum absolute atomic E-state index is 13.7. The van der Waals surface area contributed by atoms with Crippen LogP contribution in [0.4, 0.5) is 0 Å². The number of hydrogen-bond acceptors (Lipinski definition) is 5. The van der Waals surface area contributed by atoms with Gasteiger partial charge < -0.3 is 4.90 Å². The minimum absolute atomic E-state index is 0.0412. The molecule has 1 unspecified atom stereocenters. The van der Waals surface area contributed by atoms with E-state index in [-0.39, 0.29) is 18.0 Å². The standard InChI is InChI=1S/C26H32N6O/c1-5-21(6-2)31(23-11-7-9-19-10-8-14-28-25(19)23)24(33)13-12-22-17(3)30-26-20(15-27)16-29-32(26)18(22)4/h8,10,14,16,21,23H,5-7,9,11-13H2,1-4H3. The van der Waals surface area contributed by atoms with Gasteiger partial charge in [0.2, 0.25) is 5.91 Å². The summed E-state index contributed by atoms with van der Waals surface area (Å²) in [7, 11) is 0. The molecular weight excluding hydrogens is 412 g/mol. The van der Waals surface area contributed by atoms with Crippen molar-refractivity contribution in [2.24, 2.45) is 0 Å². The molecule has 0 N–H and O–H groups in total. The molecule has 1 atom stereocenters. The van der Waals surface area contributed by atoms with E-state index >= 15 is 0 Å². The zero-order valence-electron chi connectivity index (χ0n) is 20.0. The van der Waals surface area contributed by atoms with Gasteiger partial charge in [0.15, 0.2) is 5.65 Å². The third-order valence-electron chi connectivity index (χ3n) is 7.04. The first kappa shape index (κ1) is 22.9. The Morgan fingerprint density at radius 1 is 1.33 bits per heavy atom. The minimum atomic E-state index is 0.0412. The summed E-state index contributed by atoms with van der Waals surface area (Å²) >= 11 is 0. The highest BCUT2D eigenvalue weighted by atomic mass is 16.2. The van der Waals surface area contributed by atoms with Gasteiger partial charge in [0.05, 0.1) is 17.9 Å². The second-order valence-electron chi connectivity index (χ2n) is 8.89. The number of rotatable bonds is 7. The summed E-state index contributed by atoms with van der Waals surface area (Å²) in [5.41, 5.74) is 6.19. The molecule has 0 spiro atoms. The SMILES string of the molecule is CCC(CC)N(C(=O)CCc1c(C)nc2c(C#N)cnn2c1C)C1CCCc2cccnc21. The van der Waals surface area contributed by atoms with E-state index in [0.29, 0.717) is 24.1 Å². The number of nitriles is 1. The van der Waals surface area contributed by atoms with Crippen LogP contribution in [-0.4, -0.2) is 36.4 Å². The fraction of sp³-hybridized carbons (Fsp3) is 0.500. The van der Waals surface area contributed by atoms with Crippen molar-refractivity contribution in [1.29, 1.82) is 5.26 Å². The monoisotopic (exact) mass is 444 g/mol. The molecule has 7 nitrogen and oxygen atoms in total. The molecule has 0 saturated carbocycles. The van der Waals surface area contributed by atoms with Crippen molar-refractivity contribution in [2.45, 2.75) is 84.7 Å². The number of aromatic nitrogens is 4. The zero-order valence-corrected chi connectivity index (χ0v) is 20.0. The highest BCUT2D eigenvalue weighted by Crippen LogP contribution is 2.36. The topological polar surface area (TPSA) is 87.2 Å². The Kier molecular flexibility index (Phi) is 6.73. The largest absolute Gasteiger partial charge is 0.331 e. The van der Waals surface area contributed by atoms with Crippen molar-refractivity contribution in [3.63, 3.8) is 0 Å². The molecule has 3 aromatic rings. The van der Waals surface area contributed by atoms with Crippen LogP contribution >= 0.6 is 0 Å². The summed E-state index contributed by atoms with van der Waals surface area (Å²) in [5.74, 6) is 0.171. The van der Waals surface area contributed by atoms with Crippen LogP contribution in [0.5, 0.6) is 0 Å². The van der Waals surface area contributed by atoms with Crippen LogP contribution in [0.2, 0.25) is 0 Å². The van der Waals surface area contributed by atoms with Crippen LogP contribution in [0.3, 0.4) is 0 Å². The van der Waals surface area contributed by atoms with Gasteiger partial charge in [-0.25, -0.2) is 9.50 Å². The third kappa shape index (κ3) is 4.22. The molecular formula is C26H32N6O. The van der Waals surface area contributed by atoms with Gasteiger partial charge in [0.1, 0.15) is 11.6 Å². The predicted molar refractivity (Wildman–Crippen MR) is 127 cm³/mol. The highest BCUT2D eigenvalue weighted by molar-refractivity contribution is 5.77. The average Bonchev–Trinajstić information content (AvgIpc) is 3.25. The van der Waals surface area contributed by atoms with Crippen molar-refractivity contribution in [2.75, 3.05) is 0 Å². The van der Waals surface area contributed by atoms with Crippen LogP contribution in [-0.2, 0) is 17.6 Å². The van der Waals surface area contributed by atoms with Gasteiger partial charge in [0, 0.05) is 30.0 Å². The number of amides is 1. The Bertz CT molecular complexity index is 1200. The first-order chi connectivity index (χ1) is 16.0. The average molecular weight is 445 g/mol. The van der Waals surface area contributed by atoms with E-state index in [1.54, 1.807) is 10.7 Å². The molecule has 0 aromatic carbocycles. The van der Waals surface area contributed by atoms with Crippen molar-refractivity contribution in [3.8, 4) is 6.07 Å². The number of hydrogen-bond donors (Lipinski definition) is 0. The van der Waals surface area contributed by atoms with Gasteiger partial charge in [-0.1, -0.05) is 19.9 Å². The summed E-state index contributed by atoms with van der Waals surface area (Å²) < 4.78 is 1.71. The molecule has 0 saturated heterocycles. The normalized spacial score (nSPS) is 15.5. The highest BCUT2D eigenvalue weighted by Gasteiger charge is 2.33. The third-order valence-corrected chi connectivity index (χ3v) is 7.04. The van der Waals surface area contributed by atoms with Gasteiger partial charge >= 0.3 is 0 Å². The minimum Gasteiger partial charge on any atom is -0.331 e. The molecule has 3 heterocycles. The lowest BCUT2D eigenvalue weighted by atomic mass is 9.89. The Labute approximate surface area is 195 Å². The molecule has 1 aliphatic carbocycles. The van der Waals surface area contributed by atoms with Crippen LogP contribution in [0.15, 0.2) is 24.5 Å². The predicted octanol–water partition coefficient (Wildman–Crippen LogP) is 4.64. The smallest absolute Gasteiger partial charge is 0.223 e. The quantitative estimate of drug-likeness (QED) is 0.530. The van der Waals surface area contributed by atoms with Crippen LogP contribution in [0, 0.1) is 25.2 Å². The molecule has 3 aromatic heterocycles. The number of pyridine rings is 1. The van der Waals surface area contributed by atoms with Crippen molar-refractivity contribution in [1.82, 2.24) is 24.5 Å². The van der Waals surface area contributed by atoms with Gasteiger partial charge in [-0.3, -0.25) is 9.78 Å². The zero-order chi connectivity index (χ0) is 23.5. The van der Waals surface area contributed by atoms with Gasteiger partial charge in [-0.05, 0) is 69.6 Å². The van der Waals surface area contributed by atoms with Gasteiger partial charge in [-0.2, -0.15) is 10.4 Å². The van der Waals surface area contributed by atoms with E-state index in [0.717, 1.165) is 54.7 Å². The first-order valence-electron chi connectivity index (χ1n) is 12.0. The number of carbonyl (C=O) groups excluding carboxylic acids is 1. The Morgan fingerprint density at radius 2 is 2.12 bits per heavy atom. The molecule has 1 amide bonds. The maximum atomic E-state index is 13.7. The summed E-state index contributed by atoms with van der Waals surface area (Å²) in [6, 6.07) is 6.53. The fourth-order valence-electron chi connectivity index (χ4n) is 5.28. The van der Waals surface area contributed by atoms with Crippen molar-refractivity contribution >= 4 is 11.6 Å². The van der Waals surface area contributed by atoms with Crippen LogP contribution in [0.25, 0.3) is 5.65 Å². The fourth-order valence-corrected chi connectivity index (χ4v) is 5.28. The molecule has 33 heavy (non-hydrogen) atoms. The van der Waals surface area contributed by atoms with E-state index < -0.39 is 0 Å². The first-order valence-corrected chi connectivity index (χ1v) is 12.0. The van der Waals surface area contributed by atoms with E-state index in [2.05, 4.69) is 41.0 Å². The second-order valence-corrected chi connectivity index (χ2v) is 8.89. The summed E-state index contributed by atoms with van der Waals surface area (Å²) in [4.78, 5) is 25.2. The van der Waals surface area contributed by atoms with E-state index in [4.69, 9.17) is 4.98 Å². The molecule has 0 bridgehead atoms. The van der Waals surface area contributed by atoms with Crippen molar-refractivity contribution < 1.29 is 4.79 Å². The lowest BCUT2D eigenvalue weighted by Gasteiger charge is -2.40. The molecule has 0 aliphatic heterocycles. The summed E-state index contributed by atoms with van der Waals surface area (Å²) in [6.45, 7) is 8.25. The molecule has 172 valence electrons. The number of nitrogens with zero attached hydrogens (tertiary/aromatic N) is 6. The summed E-state index contributed by atoms with van der Waals surface area (Å²) in [6.07, 6.45) is 9.33. The Hall–Kier alpha value is -3.27. The lowest BCUT2D eigenvalue weighted by Crippen LogP contribution is -2.44. The maximum Gasteiger partial charge on any atom is 0.223 e. The molecule has 4 rings (SSSR count). The Morgan fingerprint density at radius 3 is 2.85 bits per heavy atom. The number of carbonyl (C=O) groups is 1. The number of fused-ring (bicyclic) bond motifs is 2. The molecule has 0 radical (unpaired) electrons. The van der Waals surface area contributed by atoms with Crippen LogP contribution in [0.1, 0.15) is 85.8 Å². The second kappa shape index (κ2) is 9.70. The number of aryl methyl sites for hydroxylation is 3. The van der Waals surface area contributed by atoms with E-state index in [1.165, 1.54) is 5.56 Å². The van der Waals surface area contributed by atoms with E-state index in [1.807, 2.05) is 26.1 Å². The van der Waals surface area contributed by atoms with Crippen molar-refractivity contribution in [3.05, 3.63) is 58.3 Å². The summed E-state index contributed by atoms with van der Waals surface area (Å²) in [5, 5.41) is 13.6.